The molecule has 2 aromatic carbocycles. The molecule has 2 heterocycles. The largest absolute Gasteiger partial charge is 0.508 e. The van der Waals surface area contributed by atoms with Crippen molar-refractivity contribution in [2.75, 3.05) is 51.3 Å². The second-order valence-electron chi connectivity index (χ2n) is 7.40. The lowest BCUT2D eigenvalue weighted by Gasteiger charge is -2.28. The number of hydrogen-bond donors (Lipinski definition) is 2. The van der Waals surface area contributed by atoms with Crippen molar-refractivity contribution in [3.8, 4) is 5.75 Å². The Balaban J connectivity index is 1.38. The summed E-state index contributed by atoms with van der Waals surface area (Å²) < 4.78 is 5.34. The van der Waals surface area contributed by atoms with Crippen molar-refractivity contribution >= 4 is 28.3 Å². The lowest BCUT2D eigenvalue weighted by Crippen LogP contribution is -2.42. The zero-order chi connectivity index (χ0) is 19.5. The summed E-state index contributed by atoms with van der Waals surface area (Å²) in [5.41, 5.74) is 0.651. The van der Waals surface area contributed by atoms with Gasteiger partial charge in [0, 0.05) is 50.2 Å². The van der Waals surface area contributed by atoms with E-state index in [1.807, 2.05) is 24.3 Å². The third-order valence-electron chi connectivity index (χ3n) is 5.50. The predicted octanol–water partition coefficient (Wildman–Crippen LogP) is 1.66. The van der Waals surface area contributed by atoms with Crippen LogP contribution in [-0.2, 0) is 14.3 Å². The Kier molecular flexibility index (Phi) is 5.45. The van der Waals surface area contributed by atoms with Crippen LogP contribution in [-0.4, -0.2) is 72.7 Å². The van der Waals surface area contributed by atoms with Crippen molar-refractivity contribution in [1.82, 2.24) is 9.80 Å². The van der Waals surface area contributed by atoms with Gasteiger partial charge in [-0.1, -0.05) is 18.2 Å². The summed E-state index contributed by atoms with van der Waals surface area (Å²) in [5, 5.41) is 14.4. The number of morpholine rings is 1. The van der Waals surface area contributed by atoms with Crippen molar-refractivity contribution < 1.29 is 19.4 Å². The molecule has 2 aromatic rings. The van der Waals surface area contributed by atoms with Crippen LogP contribution in [0.5, 0.6) is 5.75 Å². The number of carbonyl (C=O) groups excluding carboxylic acids is 2. The van der Waals surface area contributed by atoms with Crippen molar-refractivity contribution in [1.29, 1.82) is 0 Å². The Morgan fingerprint density at radius 1 is 1.18 bits per heavy atom. The molecule has 148 valence electrons. The fraction of sp³-hybridized carbons (Fsp3) is 0.429. The minimum absolute atomic E-state index is 0.0315. The number of aromatic hydroxyl groups is 1. The number of phenols is 1. The van der Waals surface area contributed by atoms with E-state index >= 15 is 0 Å². The Labute approximate surface area is 163 Å². The molecule has 2 aliphatic rings. The van der Waals surface area contributed by atoms with E-state index in [1.54, 1.807) is 17.0 Å². The molecular formula is C21H25N3O4. The Hall–Kier alpha value is -2.64. The molecule has 0 radical (unpaired) electrons. The monoisotopic (exact) mass is 383 g/mol. The minimum atomic E-state index is -0.357. The molecule has 0 bridgehead atoms. The molecule has 0 aliphatic carbocycles. The van der Waals surface area contributed by atoms with Crippen LogP contribution in [0.4, 0.5) is 5.69 Å². The molecule has 4 rings (SSSR count). The van der Waals surface area contributed by atoms with Crippen LogP contribution >= 0.6 is 0 Å². The van der Waals surface area contributed by atoms with Gasteiger partial charge in [-0.3, -0.25) is 14.5 Å². The maximum Gasteiger partial charge on any atom is 0.229 e. The van der Waals surface area contributed by atoms with Crippen molar-refractivity contribution in [3.63, 3.8) is 0 Å². The first-order valence-corrected chi connectivity index (χ1v) is 9.70. The highest BCUT2D eigenvalue weighted by atomic mass is 16.5. The van der Waals surface area contributed by atoms with Crippen LogP contribution in [0, 0.1) is 5.92 Å². The summed E-state index contributed by atoms with van der Waals surface area (Å²) in [7, 11) is 0. The molecule has 2 N–H and O–H groups in total. The molecule has 1 unspecified atom stereocenters. The van der Waals surface area contributed by atoms with Gasteiger partial charge < -0.3 is 20.1 Å². The fourth-order valence-electron chi connectivity index (χ4n) is 3.86. The van der Waals surface area contributed by atoms with Crippen molar-refractivity contribution in [3.05, 3.63) is 36.4 Å². The number of nitrogens with zero attached hydrogens (tertiary/aromatic N) is 2. The summed E-state index contributed by atoms with van der Waals surface area (Å²) >= 11 is 0. The number of anilines is 1. The van der Waals surface area contributed by atoms with Crippen molar-refractivity contribution in [2.45, 2.75) is 6.42 Å². The summed E-state index contributed by atoms with van der Waals surface area (Å²) in [5.74, 6) is -0.327. The highest BCUT2D eigenvalue weighted by Crippen LogP contribution is 2.28. The average Bonchev–Trinajstić information content (AvgIpc) is 3.08. The Morgan fingerprint density at radius 2 is 2.00 bits per heavy atom. The number of fused-ring (bicyclic) bond motifs is 1. The van der Waals surface area contributed by atoms with Gasteiger partial charge in [-0.25, -0.2) is 0 Å². The molecule has 2 saturated heterocycles. The maximum absolute atomic E-state index is 12.8. The quantitative estimate of drug-likeness (QED) is 0.821. The van der Waals surface area contributed by atoms with Crippen LogP contribution in [0.3, 0.4) is 0 Å². The molecule has 2 aliphatic heterocycles. The standard InChI is InChI=1S/C21H25N3O4/c25-17-5-4-15-2-1-3-19(18(15)13-17)22-21(27)16-12-20(26)24(14-16)7-6-23-8-10-28-11-9-23/h1-5,13,16,25H,6-12,14H2,(H,22,27). The molecule has 1 atom stereocenters. The van der Waals surface area contributed by atoms with E-state index in [1.165, 1.54) is 0 Å². The first kappa shape index (κ1) is 18.7. The van der Waals surface area contributed by atoms with Gasteiger partial charge in [0.2, 0.25) is 11.8 Å². The topological polar surface area (TPSA) is 82.1 Å². The number of amides is 2. The summed E-state index contributed by atoms with van der Waals surface area (Å²) in [6.07, 6.45) is 0.241. The molecule has 2 fully saturated rings. The number of nitrogens with one attached hydrogen (secondary N) is 1. The smallest absolute Gasteiger partial charge is 0.229 e. The number of hydrogen-bond acceptors (Lipinski definition) is 5. The zero-order valence-corrected chi connectivity index (χ0v) is 15.8. The van der Waals surface area contributed by atoms with E-state index < -0.39 is 0 Å². The second-order valence-corrected chi connectivity index (χ2v) is 7.40. The lowest BCUT2D eigenvalue weighted by atomic mass is 10.1. The van der Waals surface area contributed by atoms with Gasteiger partial charge in [0.15, 0.2) is 0 Å². The van der Waals surface area contributed by atoms with Gasteiger partial charge in [-0.05, 0) is 23.6 Å². The summed E-state index contributed by atoms with van der Waals surface area (Å²) in [6.45, 7) is 5.15. The van der Waals surface area contributed by atoms with Crippen LogP contribution in [0.25, 0.3) is 10.8 Å². The first-order chi connectivity index (χ1) is 13.6. The van der Waals surface area contributed by atoms with Gasteiger partial charge in [-0.2, -0.15) is 0 Å². The van der Waals surface area contributed by atoms with Crippen LogP contribution in [0.15, 0.2) is 36.4 Å². The predicted molar refractivity (Wildman–Crippen MR) is 106 cm³/mol. The van der Waals surface area contributed by atoms with Crippen LogP contribution in [0.2, 0.25) is 0 Å². The number of benzene rings is 2. The van der Waals surface area contributed by atoms with E-state index in [-0.39, 0.29) is 29.9 Å². The summed E-state index contributed by atoms with van der Waals surface area (Å²) in [6, 6.07) is 10.7. The third kappa shape index (κ3) is 4.10. The summed E-state index contributed by atoms with van der Waals surface area (Å²) in [4.78, 5) is 29.2. The molecule has 7 nitrogen and oxygen atoms in total. The number of likely N-dealkylation sites (tertiary alicyclic amines) is 1. The van der Waals surface area contributed by atoms with Gasteiger partial charge in [-0.15, -0.1) is 0 Å². The third-order valence-corrected chi connectivity index (χ3v) is 5.50. The minimum Gasteiger partial charge on any atom is -0.508 e. The molecule has 7 heteroatoms. The van der Waals surface area contributed by atoms with Crippen LogP contribution < -0.4 is 5.32 Å². The van der Waals surface area contributed by atoms with Gasteiger partial charge in [0.1, 0.15) is 5.75 Å². The molecule has 0 spiro atoms. The van der Waals surface area contributed by atoms with Crippen LogP contribution in [0.1, 0.15) is 6.42 Å². The van der Waals surface area contributed by atoms with E-state index in [4.69, 9.17) is 4.74 Å². The first-order valence-electron chi connectivity index (χ1n) is 9.70. The number of rotatable bonds is 5. The highest BCUT2D eigenvalue weighted by molar-refractivity contribution is 6.04. The lowest BCUT2D eigenvalue weighted by molar-refractivity contribution is -0.128. The fourth-order valence-corrected chi connectivity index (χ4v) is 3.86. The molecule has 28 heavy (non-hydrogen) atoms. The second kappa shape index (κ2) is 8.16. The number of phenolic OH excluding ortho intramolecular Hbond substituents is 1. The van der Waals surface area contributed by atoms with E-state index in [0.717, 1.165) is 43.6 Å². The molecule has 0 aromatic heterocycles. The average molecular weight is 383 g/mol. The molecule has 2 amide bonds. The van der Waals surface area contributed by atoms with Gasteiger partial charge in [0.05, 0.1) is 19.1 Å². The Bertz CT molecular complexity index is 879. The zero-order valence-electron chi connectivity index (χ0n) is 15.8. The maximum atomic E-state index is 12.8. The van der Waals surface area contributed by atoms with E-state index in [2.05, 4.69) is 10.2 Å². The Morgan fingerprint density at radius 3 is 2.82 bits per heavy atom. The van der Waals surface area contributed by atoms with Gasteiger partial charge in [0.25, 0.3) is 0 Å². The van der Waals surface area contributed by atoms with Gasteiger partial charge >= 0.3 is 0 Å². The highest BCUT2D eigenvalue weighted by Gasteiger charge is 2.34. The van der Waals surface area contributed by atoms with E-state index in [0.29, 0.717) is 18.8 Å². The normalized spacial score (nSPS) is 20.6. The number of ether oxygens (including phenoxy) is 1. The van der Waals surface area contributed by atoms with Crippen molar-refractivity contribution in [2.24, 2.45) is 5.92 Å². The molecular weight excluding hydrogens is 358 g/mol. The van der Waals surface area contributed by atoms with E-state index in [9.17, 15) is 14.7 Å². The number of carbonyl (C=O) groups is 2. The molecule has 0 saturated carbocycles. The SMILES string of the molecule is O=C(Nc1cccc2ccc(O)cc12)C1CC(=O)N(CCN2CCOCC2)C1.